The van der Waals surface area contributed by atoms with Crippen molar-refractivity contribution >= 4 is 22.3 Å². The second-order valence-corrected chi connectivity index (χ2v) is 8.27. The lowest BCUT2D eigenvalue weighted by Gasteiger charge is -2.22. The van der Waals surface area contributed by atoms with Gasteiger partial charge in [0, 0.05) is 31.9 Å². The van der Waals surface area contributed by atoms with Gasteiger partial charge in [0.2, 0.25) is 0 Å². The van der Waals surface area contributed by atoms with Crippen LogP contribution in [0.15, 0.2) is 30.3 Å². The zero-order valence-corrected chi connectivity index (χ0v) is 18.1. The third-order valence-corrected chi connectivity index (χ3v) is 5.14. The summed E-state index contributed by atoms with van der Waals surface area (Å²) in [5.41, 5.74) is 2.85. The molecule has 3 rings (SSSR count). The van der Waals surface area contributed by atoms with Gasteiger partial charge in [-0.15, -0.1) is 0 Å². The monoisotopic (exact) mass is 449 g/mol. The number of carbonyl (C=O) groups excluding carboxylic acids is 2. The van der Waals surface area contributed by atoms with E-state index in [2.05, 4.69) is 5.32 Å². The van der Waals surface area contributed by atoms with Crippen LogP contribution in [0.5, 0.6) is 17.2 Å². The first kappa shape index (κ1) is 22.7. The van der Waals surface area contributed by atoms with Gasteiger partial charge in [-0.25, -0.2) is 0 Å². The highest BCUT2D eigenvalue weighted by molar-refractivity contribution is 7.81. The SMILES string of the molecule is CC(=O)Oc1cc2c(cc1OC(C)=O)C(c1ccc(C)cc1OS(=O)(=O)O)CNCC2. The fourth-order valence-electron chi connectivity index (χ4n) is 3.60. The lowest BCUT2D eigenvalue weighted by molar-refractivity contribution is -0.134. The molecule has 0 saturated carbocycles. The Bertz CT molecular complexity index is 1130. The third-order valence-electron chi connectivity index (χ3n) is 4.75. The molecule has 1 heterocycles. The van der Waals surface area contributed by atoms with E-state index in [0.29, 0.717) is 25.1 Å². The van der Waals surface area contributed by atoms with Crippen LogP contribution in [-0.4, -0.2) is 38.0 Å². The summed E-state index contributed by atoms with van der Waals surface area (Å²) in [5, 5.41) is 3.28. The van der Waals surface area contributed by atoms with Crippen molar-refractivity contribution in [1.29, 1.82) is 0 Å². The topological polar surface area (TPSA) is 128 Å². The number of fused-ring (bicyclic) bond motifs is 1. The van der Waals surface area contributed by atoms with E-state index in [0.717, 1.165) is 16.7 Å². The van der Waals surface area contributed by atoms with E-state index in [9.17, 15) is 22.6 Å². The maximum atomic E-state index is 11.6. The quantitative estimate of drug-likeness (QED) is 0.401. The van der Waals surface area contributed by atoms with E-state index in [-0.39, 0.29) is 17.2 Å². The zero-order chi connectivity index (χ0) is 22.8. The summed E-state index contributed by atoms with van der Waals surface area (Å²) in [5.74, 6) is -1.32. The first-order chi connectivity index (χ1) is 14.5. The molecule has 31 heavy (non-hydrogen) atoms. The van der Waals surface area contributed by atoms with Crippen LogP contribution in [0.2, 0.25) is 0 Å². The first-order valence-corrected chi connectivity index (χ1v) is 10.9. The number of hydrogen-bond donors (Lipinski definition) is 2. The van der Waals surface area contributed by atoms with Gasteiger partial charge in [-0.2, -0.15) is 8.42 Å². The number of esters is 2. The highest BCUT2D eigenvalue weighted by atomic mass is 32.3. The molecule has 0 aromatic heterocycles. The van der Waals surface area contributed by atoms with E-state index < -0.39 is 28.3 Å². The molecule has 9 nitrogen and oxygen atoms in total. The van der Waals surface area contributed by atoms with Crippen LogP contribution in [0.25, 0.3) is 0 Å². The average Bonchev–Trinajstić information content (AvgIpc) is 2.82. The molecule has 1 unspecified atom stereocenters. The van der Waals surface area contributed by atoms with Gasteiger partial charge >= 0.3 is 22.3 Å². The molecule has 0 amide bonds. The van der Waals surface area contributed by atoms with Crippen molar-refractivity contribution in [3.05, 3.63) is 52.6 Å². The molecule has 166 valence electrons. The minimum Gasteiger partial charge on any atom is -0.423 e. The molecule has 2 aromatic rings. The van der Waals surface area contributed by atoms with E-state index in [4.69, 9.17) is 13.7 Å². The normalized spacial score (nSPS) is 16.1. The van der Waals surface area contributed by atoms with Crippen LogP contribution in [0.1, 0.15) is 42.0 Å². The number of aryl methyl sites for hydroxylation is 1. The van der Waals surface area contributed by atoms with Crippen LogP contribution in [-0.2, 0) is 26.4 Å². The van der Waals surface area contributed by atoms with E-state index in [1.54, 1.807) is 31.2 Å². The summed E-state index contributed by atoms with van der Waals surface area (Å²) in [6.07, 6.45) is 0.598. The molecule has 1 atom stereocenters. The molecule has 2 N–H and O–H groups in total. The molecular weight excluding hydrogens is 426 g/mol. The van der Waals surface area contributed by atoms with Crippen LogP contribution in [0.4, 0.5) is 0 Å². The number of nitrogens with one attached hydrogen (secondary N) is 1. The summed E-state index contributed by atoms with van der Waals surface area (Å²) in [4.78, 5) is 23.1. The fraction of sp³-hybridized carbons (Fsp3) is 0.333. The van der Waals surface area contributed by atoms with Gasteiger partial charge in [-0.1, -0.05) is 12.1 Å². The second kappa shape index (κ2) is 9.04. The van der Waals surface area contributed by atoms with Crippen molar-refractivity contribution in [2.24, 2.45) is 0 Å². The third kappa shape index (κ3) is 5.81. The molecule has 1 aliphatic heterocycles. The lowest BCUT2D eigenvalue weighted by Crippen LogP contribution is -2.22. The lowest BCUT2D eigenvalue weighted by atomic mass is 9.87. The van der Waals surface area contributed by atoms with Crippen molar-refractivity contribution in [3.8, 4) is 17.2 Å². The molecule has 0 aliphatic carbocycles. The molecule has 2 aromatic carbocycles. The van der Waals surface area contributed by atoms with Gasteiger partial charge in [0.15, 0.2) is 11.5 Å². The first-order valence-electron chi connectivity index (χ1n) is 9.55. The molecule has 10 heteroatoms. The van der Waals surface area contributed by atoms with Gasteiger partial charge in [-0.05, 0) is 54.8 Å². The number of carbonyl (C=O) groups is 2. The number of rotatable bonds is 5. The van der Waals surface area contributed by atoms with Crippen molar-refractivity contribution in [2.75, 3.05) is 13.1 Å². The van der Waals surface area contributed by atoms with Gasteiger partial charge in [0.1, 0.15) is 5.75 Å². The van der Waals surface area contributed by atoms with Crippen molar-refractivity contribution in [2.45, 2.75) is 33.1 Å². The summed E-state index contributed by atoms with van der Waals surface area (Å²) in [6.45, 7) is 5.31. The maximum absolute atomic E-state index is 11.6. The summed E-state index contributed by atoms with van der Waals surface area (Å²) >= 11 is 0. The Kier molecular flexibility index (Phi) is 6.63. The van der Waals surface area contributed by atoms with Crippen molar-refractivity contribution < 1.29 is 36.2 Å². The Labute approximate surface area is 180 Å². The highest BCUT2D eigenvalue weighted by Gasteiger charge is 2.27. The van der Waals surface area contributed by atoms with Crippen molar-refractivity contribution in [1.82, 2.24) is 5.32 Å². The Balaban J connectivity index is 2.18. The Morgan fingerprint density at radius 3 is 2.26 bits per heavy atom. The van der Waals surface area contributed by atoms with Gasteiger partial charge in [0.25, 0.3) is 0 Å². The number of ether oxygens (including phenoxy) is 2. The molecule has 0 bridgehead atoms. The molecule has 0 saturated heterocycles. The Morgan fingerprint density at radius 2 is 1.65 bits per heavy atom. The molecule has 1 aliphatic rings. The predicted molar refractivity (Wildman–Crippen MR) is 111 cm³/mol. The molecule has 0 radical (unpaired) electrons. The summed E-state index contributed by atoms with van der Waals surface area (Å²) < 4.78 is 47.3. The maximum Gasteiger partial charge on any atom is 0.446 e. The zero-order valence-electron chi connectivity index (χ0n) is 17.3. The Hall–Kier alpha value is -2.95. The summed E-state index contributed by atoms with van der Waals surface area (Å²) in [6, 6.07) is 8.31. The molecule has 0 fully saturated rings. The summed E-state index contributed by atoms with van der Waals surface area (Å²) in [7, 11) is -4.73. The van der Waals surface area contributed by atoms with Crippen LogP contribution in [0.3, 0.4) is 0 Å². The van der Waals surface area contributed by atoms with Gasteiger partial charge in [0.05, 0.1) is 0 Å². The predicted octanol–water partition coefficient (Wildman–Crippen LogP) is 2.30. The van der Waals surface area contributed by atoms with Gasteiger partial charge < -0.3 is 19.0 Å². The molecular formula is C21H23NO8S. The van der Waals surface area contributed by atoms with Crippen LogP contribution < -0.4 is 19.0 Å². The Morgan fingerprint density at radius 1 is 1.00 bits per heavy atom. The standard InChI is InChI=1S/C21H23NO8S/c1-12-4-5-16(19(8-12)30-31(25,26)27)18-11-22-7-6-15-9-20(28-13(2)23)21(10-17(15)18)29-14(3)24/h4-5,8-10,18,22H,6-7,11H2,1-3H3,(H,25,26,27). The number of hydrogen-bond acceptors (Lipinski definition) is 8. The largest absolute Gasteiger partial charge is 0.446 e. The van der Waals surface area contributed by atoms with Crippen LogP contribution >= 0.6 is 0 Å². The minimum atomic E-state index is -4.73. The minimum absolute atomic E-state index is 0.000230. The van der Waals surface area contributed by atoms with E-state index >= 15 is 0 Å². The highest BCUT2D eigenvalue weighted by Crippen LogP contribution is 2.40. The molecule has 0 spiro atoms. The van der Waals surface area contributed by atoms with E-state index in [1.807, 2.05) is 0 Å². The smallest absolute Gasteiger partial charge is 0.423 e. The fourth-order valence-corrected chi connectivity index (χ4v) is 3.97. The van der Waals surface area contributed by atoms with Crippen molar-refractivity contribution in [3.63, 3.8) is 0 Å². The van der Waals surface area contributed by atoms with Gasteiger partial charge in [-0.3, -0.25) is 14.1 Å². The second-order valence-electron chi connectivity index (χ2n) is 7.24. The van der Waals surface area contributed by atoms with Crippen LogP contribution in [0, 0.1) is 6.92 Å². The average molecular weight is 449 g/mol. The number of benzene rings is 2. The van der Waals surface area contributed by atoms with E-state index in [1.165, 1.54) is 19.9 Å².